The molecule has 0 aliphatic carbocycles. The van der Waals surface area contributed by atoms with Gasteiger partial charge in [0, 0.05) is 11.6 Å². The van der Waals surface area contributed by atoms with Crippen molar-refractivity contribution in [1.29, 1.82) is 0 Å². The summed E-state index contributed by atoms with van der Waals surface area (Å²) in [7, 11) is 0. The molecule has 19 heavy (non-hydrogen) atoms. The zero-order valence-corrected chi connectivity index (χ0v) is 11.6. The molecule has 0 spiro atoms. The Morgan fingerprint density at radius 3 is 2.16 bits per heavy atom. The van der Waals surface area contributed by atoms with Gasteiger partial charge in [0.15, 0.2) is 0 Å². The van der Waals surface area contributed by atoms with E-state index in [1.807, 2.05) is 20.8 Å². The van der Waals surface area contributed by atoms with Crippen molar-refractivity contribution in [2.45, 2.75) is 33.2 Å². The lowest BCUT2D eigenvalue weighted by Crippen LogP contribution is -2.26. The van der Waals surface area contributed by atoms with Crippen LogP contribution in [0, 0.1) is 5.41 Å². The maximum Gasteiger partial charge on any atom is 0.573 e. The van der Waals surface area contributed by atoms with Crippen LogP contribution in [0.5, 0.6) is 11.5 Å². The van der Waals surface area contributed by atoms with Crippen LogP contribution in [0.1, 0.15) is 32.4 Å². The summed E-state index contributed by atoms with van der Waals surface area (Å²) in [6, 6.07) is 2.69. The van der Waals surface area contributed by atoms with E-state index >= 15 is 0 Å². The Hall–Kier alpha value is -1.14. The molecule has 110 valence electrons. The number of hydrogen-bond acceptors (Lipinski definition) is 3. The number of phenols is 1. The van der Waals surface area contributed by atoms with Crippen molar-refractivity contribution in [3.8, 4) is 11.5 Å². The number of ether oxygens (including phenoxy) is 1. The third-order valence-electron chi connectivity index (χ3n) is 2.50. The molecule has 0 fully saturated rings. The monoisotopic (exact) mass is 299 g/mol. The van der Waals surface area contributed by atoms with Crippen LogP contribution in [0.15, 0.2) is 18.2 Å². The molecule has 1 aromatic carbocycles. The Labute approximate surface area is 116 Å². The number of halogens is 4. The van der Waals surface area contributed by atoms with Crippen LogP contribution in [0.2, 0.25) is 0 Å². The highest BCUT2D eigenvalue weighted by Crippen LogP contribution is 2.37. The highest BCUT2D eigenvalue weighted by molar-refractivity contribution is 5.85. The van der Waals surface area contributed by atoms with Gasteiger partial charge in [-0.3, -0.25) is 0 Å². The molecular formula is C12H17ClF3NO2. The number of benzene rings is 1. The van der Waals surface area contributed by atoms with E-state index in [-0.39, 0.29) is 23.7 Å². The van der Waals surface area contributed by atoms with E-state index in [1.165, 1.54) is 0 Å². The molecule has 0 radical (unpaired) electrons. The van der Waals surface area contributed by atoms with Crippen LogP contribution in [-0.4, -0.2) is 11.5 Å². The number of hydrogen-bond donors (Lipinski definition) is 2. The van der Waals surface area contributed by atoms with Crippen molar-refractivity contribution in [3.05, 3.63) is 23.8 Å². The zero-order chi connectivity index (χ0) is 14.1. The van der Waals surface area contributed by atoms with Crippen molar-refractivity contribution >= 4 is 12.4 Å². The van der Waals surface area contributed by atoms with E-state index in [9.17, 15) is 18.3 Å². The van der Waals surface area contributed by atoms with Gasteiger partial charge >= 0.3 is 6.36 Å². The molecular weight excluding hydrogens is 283 g/mol. The van der Waals surface area contributed by atoms with Crippen molar-refractivity contribution < 1.29 is 23.0 Å². The highest BCUT2D eigenvalue weighted by atomic mass is 35.5. The Morgan fingerprint density at radius 1 is 1.21 bits per heavy atom. The molecule has 3 N–H and O–H groups in total. The van der Waals surface area contributed by atoms with E-state index in [0.29, 0.717) is 0 Å². The maximum absolute atomic E-state index is 12.1. The van der Waals surface area contributed by atoms with E-state index < -0.39 is 23.6 Å². The SMILES string of the molecule is CC(C)(C)[C@@H](N)c1cc(OC(F)(F)F)ccc1O.Cl. The summed E-state index contributed by atoms with van der Waals surface area (Å²) in [6.45, 7) is 5.48. The molecule has 0 amide bonds. The molecule has 0 heterocycles. The standard InChI is InChI=1S/C12H16F3NO2.ClH/c1-11(2,3)10(16)8-6-7(4-5-9(8)17)18-12(13,14)15;/h4-6,10,17H,16H2,1-3H3;1H/t10-;/m0./s1. The first-order valence-corrected chi connectivity index (χ1v) is 5.35. The molecule has 0 aliphatic rings. The minimum absolute atomic E-state index is 0. The lowest BCUT2D eigenvalue weighted by molar-refractivity contribution is -0.274. The fraction of sp³-hybridized carbons (Fsp3) is 0.500. The van der Waals surface area contributed by atoms with Gasteiger partial charge in [-0.25, -0.2) is 0 Å². The molecule has 0 aromatic heterocycles. The van der Waals surface area contributed by atoms with Gasteiger partial charge in [0.25, 0.3) is 0 Å². The lowest BCUT2D eigenvalue weighted by Gasteiger charge is -2.28. The van der Waals surface area contributed by atoms with Gasteiger partial charge in [0.05, 0.1) is 0 Å². The minimum Gasteiger partial charge on any atom is -0.508 e. The van der Waals surface area contributed by atoms with E-state index in [2.05, 4.69) is 4.74 Å². The Bertz CT molecular complexity index is 430. The van der Waals surface area contributed by atoms with Crippen LogP contribution in [0.25, 0.3) is 0 Å². The summed E-state index contributed by atoms with van der Waals surface area (Å²) in [5.41, 5.74) is 5.74. The summed E-state index contributed by atoms with van der Waals surface area (Å²) in [6.07, 6.45) is -4.76. The van der Waals surface area contributed by atoms with Crippen LogP contribution in [-0.2, 0) is 0 Å². The van der Waals surface area contributed by atoms with E-state index in [4.69, 9.17) is 5.73 Å². The second-order valence-corrected chi connectivity index (χ2v) is 5.11. The Morgan fingerprint density at radius 2 is 1.74 bits per heavy atom. The van der Waals surface area contributed by atoms with Crippen LogP contribution in [0.3, 0.4) is 0 Å². The predicted molar refractivity (Wildman–Crippen MR) is 68.4 cm³/mol. The average Bonchev–Trinajstić information content (AvgIpc) is 2.16. The summed E-state index contributed by atoms with van der Waals surface area (Å²) in [5, 5.41) is 9.65. The Kier molecular flexibility index (Phi) is 5.53. The molecule has 7 heteroatoms. The number of aromatic hydroxyl groups is 1. The largest absolute Gasteiger partial charge is 0.573 e. The second kappa shape index (κ2) is 5.88. The second-order valence-electron chi connectivity index (χ2n) is 5.11. The van der Waals surface area contributed by atoms with Gasteiger partial charge in [0.1, 0.15) is 11.5 Å². The summed E-state index contributed by atoms with van der Waals surface area (Å²) in [4.78, 5) is 0. The third-order valence-corrected chi connectivity index (χ3v) is 2.50. The van der Waals surface area contributed by atoms with Gasteiger partial charge in [-0.05, 0) is 23.6 Å². The van der Waals surface area contributed by atoms with Crippen molar-refractivity contribution in [1.82, 2.24) is 0 Å². The zero-order valence-electron chi connectivity index (χ0n) is 10.8. The van der Waals surface area contributed by atoms with Crippen molar-refractivity contribution in [3.63, 3.8) is 0 Å². The summed E-state index contributed by atoms with van der Waals surface area (Å²) < 4.78 is 40.1. The van der Waals surface area contributed by atoms with Crippen molar-refractivity contribution in [2.24, 2.45) is 11.1 Å². The topological polar surface area (TPSA) is 55.5 Å². The summed E-state index contributed by atoms with van der Waals surface area (Å²) >= 11 is 0. The van der Waals surface area contributed by atoms with Gasteiger partial charge in [-0.1, -0.05) is 20.8 Å². The minimum atomic E-state index is -4.76. The lowest BCUT2D eigenvalue weighted by atomic mass is 9.82. The maximum atomic E-state index is 12.1. The molecule has 1 atom stereocenters. The van der Waals surface area contributed by atoms with Crippen LogP contribution in [0.4, 0.5) is 13.2 Å². The molecule has 1 aromatic rings. The normalized spacial score (nSPS) is 13.6. The van der Waals surface area contributed by atoms with E-state index in [0.717, 1.165) is 18.2 Å². The third kappa shape index (κ3) is 5.16. The smallest absolute Gasteiger partial charge is 0.508 e. The first-order chi connectivity index (χ1) is 8.00. The number of phenolic OH excluding ortho intramolecular Hbond substituents is 1. The van der Waals surface area contributed by atoms with Crippen LogP contribution < -0.4 is 10.5 Å². The first-order valence-electron chi connectivity index (χ1n) is 5.35. The molecule has 1 rings (SSSR count). The fourth-order valence-electron chi connectivity index (χ4n) is 1.45. The van der Waals surface area contributed by atoms with Gasteiger partial charge in [-0.2, -0.15) is 0 Å². The molecule has 0 bridgehead atoms. The summed E-state index contributed by atoms with van der Waals surface area (Å²) in [5.74, 6) is -0.540. The molecule has 0 unspecified atom stereocenters. The van der Waals surface area contributed by atoms with Gasteiger partial charge < -0.3 is 15.6 Å². The molecule has 0 aliphatic heterocycles. The quantitative estimate of drug-likeness (QED) is 0.874. The van der Waals surface area contributed by atoms with Crippen LogP contribution >= 0.6 is 12.4 Å². The number of nitrogens with two attached hydrogens (primary N) is 1. The predicted octanol–water partition coefficient (Wildman–Crippen LogP) is 3.76. The first kappa shape index (κ1) is 17.9. The Balaban J connectivity index is 0.00000324. The van der Waals surface area contributed by atoms with Crippen molar-refractivity contribution in [2.75, 3.05) is 0 Å². The molecule has 0 saturated heterocycles. The number of alkyl halides is 3. The highest BCUT2D eigenvalue weighted by Gasteiger charge is 2.32. The molecule has 3 nitrogen and oxygen atoms in total. The van der Waals surface area contributed by atoms with Gasteiger partial charge in [-0.15, -0.1) is 25.6 Å². The fourth-order valence-corrected chi connectivity index (χ4v) is 1.45. The number of rotatable bonds is 2. The molecule has 0 saturated carbocycles. The van der Waals surface area contributed by atoms with E-state index in [1.54, 1.807) is 0 Å². The average molecular weight is 300 g/mol. The van der Waals surface area contributed by atoms with Gasteiger partial charge in [0.2, 0.25) is 0 Å².